The lowest BCUT2D eigenvalue weighted by molar-refractivity contribution is -0.144. The Hall–Kier alpha value is -0.870. The minimum atomic E-state index is -0.742. The van der Waals surface area contributed by atoms with E-state index in [0.29, 0.717) is 6.42 Å². The number of hydrogen-bond donors (Lipinski definition) is 1. The molecule has 94 valence electrons. The second kappa shape index (κ2) is 6.17. The molecule has 0 aliphatic carbocycles. The van der Waals surface area contributed by atoms with Crippen LogP contribution < -0.4 is 0 Å². The Morgan fingerprint density at radius 1 is 1.35 bits per heavy atom. The molecule has 0 saturated carbocycles. The molecule has 0 radical (unpaired) electrons. The number of carboxylic acids is 1. The number of rotatable bonds is 5. The van der Waals surface area contributed by atoms with Crippen LogP contribution in [0.5, 0.6) is 0 Å². The standard InChI is InChI=1S/C13H18BrNO2/c1-4-11(13(16)17)12(15(2)3)9-5-7-10(14)8-6-9/h5-8,11-12H,4H2,1-3H3,(H,16,17). The summed E-state index contributed by atoms with van der Waals surface area (Å²) < 4.78 is 1.00. The van der Waals surface area contributed by atoms with E-state index in [0.717, 1.165) is 10.0 Å². The SMILES string of the molecule is CCC(C(=O)O)C(c1ccc(Br)cc1)N(C)C. The van der Waals surface area contributed by atoms with Crippen molar-refractivity contribution in [2.75, 3.05) is 14.1 Å². The number of benzene rings is 1. The molecule has 17 heavy (non-hydrogen) atoms. The summed E-state index contributed by atoms with van der Waals surface area (Å²) >= 11 is 3.38. The van der Waals surface area contributed by atoms with Crippen LogP contribution >= 0.6 is 15.9 Å². The molecule has 0 aliphatic heterocycles. The normalized spacial score (nSPS) is 14.6. The lowest BCUT2D eigenvalue weighted by Crippen LogP contribution is -2.32. The van der Waals surface area contributed by atoms with Gasteiger partial charge in [0.25, 0.3) is 0 Å². The zero-order valence-electron chi connectivity index (χ0n) is 10.4. The van der Waals surface area contributed by atoms with Gasteiger partial charge in [-0.15, -0.1) is 0 Å². The van der Waals surface area contributed by atoms with Crippen molar-refractivity contribution in [3.63, 3.8) is 0 Å². The van der Waals surface area contributed by atoms with Crippen molar-refractivity contribution in [2.24, 2.45) is 5.92 Å². The first kappa shape index (κ1) is 14.2. The van der Waals surface area contributed by atoms with E-state index in [4.69, 9.17) is 0 Å². The second-order valence-electron chi connectivity index (χ2n) is 4.31. The van der Waals surface area contributed by atoms with Gasteiger partial charge in [0.2, 0.25) is 0 Å². The van der Waals surface area contributed by atoms with Gasteiger partial charge in [0.05, 0.1) is 5.92 Å². The molecule has 0 bridgehead atoms. The van der Waals surface area contributed by atoms with Crippen LogP contribution in [0.15, 0.2) is 28.7 Å². The summed E-state index contributed by atoms with van der Waals surface area (Å²) in [6.45, 7) is 1.91. The predicted molar refractivity (Wildman–Crippen MR) is 72.0 cm³/mol. The van der Waals surface area contributed by atoms with Gasteiger partial charge >= 0.3 is 5.97 Å². The molecular weight excluding hydrogens is 282 g/mol. The van der Waals surface area contributed by atoms with Crippen molar-refractivity contribution in [3.05, 3.63) is 34.3 Å². The Balaban J connectivity index is 3.08. The van der Waals surface area contributed by atoms with Crippen LogP contribution in [0.2, 0.25) is 0 Å². The van der Waals surface area contributed by atoms with Gasteiger partial charge in [-0.25, -0.2) is 0 Å². The third-order valence-electron chi connectivity index (χ3n) is 2.91. The van der Waals surface area contributed by atoms with E-state index < -0.39 is 5.97 Å². The molecule has 0 heterocycles. The maximum Gasteiger partial charge on any atom is 0.308 e. The Morgan fingerprint density at radius 2 is 1.88 bits per heavy atom. The van der Waals surface area contributed by atoms with Gasteiger partial charge in [-0.3, -0.25) is 4.79 Å². The van der Waals surface area contributed by atoms with E-state index in [9.17, 15) is 9.90 Å². The fourth-order valence-electron chi connectivity index (χ4n) is 2.08. The molecule has 1 aromatic carbocycles. The first-order chi connectivity index (χ1) is 7.97. The number of hydrogen-bond acceptors (Lipinski definition) is 2. The summed E-state index contributed by atoms with van der Waals surface area (Å²) in [5.74, 6) is -1.12. The van der Waals surface area contributed by atoms with Gasteiger partial charge in [-0.05, 0) is 38.2 Å². The van der Waals surface area contributed by atoms with E-state index in [2.05, 4.69) is 15.9 Å². The quantitative estimate of drug-likeness (QED) is 0.908. The number of halogens is 1. The smallest absolute Gasteiger partial charge is 0.308 e. The average molecular weight is 300 g/mol. The molecule has 0 saturated heterocycles. The van der Waals surface area contributed by atoms with Crippen LogP contribution in [0, 0.1) is 5.92 Å². The van der Waals surface area contributed by atoms with Crippen molar-refractivity contribution in [1.29, 1.82) is 0 Å². The summed E-state index contributed by atoms with van der Waals surface area (Å²) in [6.07, 6.45) is 0.619. The maximum absolute atomic E-state index is 11.3. The highest BCUT2D eigenvalue weighted by molar-refractivity contribution is 9.10. The zero-order valence-corrected chi connectivity index (χ0v) is 11.9. The summed E-state index contributed by atoms with van der Waals surface area (Å²) in [4.78, 5) is 13.2. The molecule has 2 unspecified atom stereocenters. The topological polar surface area (TPSA) is 40.5 Å². The van der Waals surface area contributed by atoms with Gasteiger partial charge < -0.3 is 10.0 Å². The van der Waals surface area contributed by atoms with Crippen LogP contribution in [0.4, 0.5) is 0 Å². The molecule has 2 atom stereocenters. The van der Waals surface area contributed by atoms with E-state index >= 15 is 0 Å². The Labute approximate surface area is 111 Å². The Bertz CT molecular complexity index is 376. The van der Waals surface area contributed by atoms with Gasteiger partial charge in [-0.1, -0.05) is 35.0 Å². The highest BCUT2D eigenvalue weighted by Crippen LogP contribution is 2.30. The van der Waals surface area contributed by atoms with Crippen LogP contribution in [0.3, 0.4) is 0 Å². The van der Waals surface area contributed by atoms with Crippen molar-refractivity contribution in [3.8, 4) is 0 Å². The monoisotopic (exact) mass is 299 g/mol. The maximum atomic E-state index is 11.3. The van der Waals surface area contributed by atoms with E-state index in [-0.39, 0.29) is 12.0 Å². The van der Waals surface area contributed by atoms with Crippen LogP contribution in [0.25, 0.3) is 0 Å². The minimum absolute atomic E-state index is 0.0920. The third kappa shape index (κ3) is 3.54. The number of nitrogens with zero attached hydrogens (tertiary/aromatic N) is 1. The highest BCUT2D eigenvalue weighted by Gasteiger charge is 2.29. The second-order valence-corrected chi connectivity index (χ2v) is 5.23. The molecule has 4 heteroatoms. The molecule has 1 rings (SSSR count). The van der Waals surface area contributed by atoms with Crippen molar-refractivity contribution < 1.29 is 9.90 Å². The lowest BCUT2D eigenvalue weighted by Gasteiger charge is -2.29. The van der Waals surface area contributed by atoms with Gasteiger partial charge in [0.15, 0.2) is 0 Å². The van der Waals surface area contributed by atoms with Crippen molar-refractivity contribution >= 4 is 21.9 Å². The van der Waals surface area contributed by atoms with Crippen molar-refractivity contribution in [1.82, 2.24) is 4.90 Å². The van der Waals surface area contributed by atoms with E-state index in [1.54, 1.807) is 0 Å². The fraction of sp³-hybridized carbons (Fsp3) is 0.462. The number of aliphatic carboxylic acids is 1. The summed E-state index contributed by atoms with van der Waals surface area (Å²) in [6, 6.07) is 7.74. The van der Waals surface area contributed by atoms with Crippen LogP contribution in [0.1, 0.15) is 24.9 Å². The molecule has 0 aromatic heterocycles. The van der Waals surface area contributed by atoms with E-state index in [1.807, 2.05) is 50.2 Å². The molecule has 1 N–H and O–H groups in total. The van der Waals surface area contributed by atoms with Gasteiger partial charge in [-0.2, -0.15) is 0 Å². The van der Waals surface area contributed by atoms with Gasteiger partial charge in [0.1, 0.15) is 0 Å². The first-order valence-electron chi connectivity index (χ1n) is 5.62. The van der Waals surface area contributed by atoms with E-state index in [1.165, 1.54) is 0 Å². The summed E-state index contributed by atoms with van der Waals surface area (Å²) in [5.41, 5.74) is 1.03. The third-order valence-corrected chi connectivity index (χ3v) is 3.43. The van der Waals surface area contributed by atoms with Gasteiger partial charge in [0, 0.05) is 10.5 Å². The zero-order chi connectivity index (χ0) is 13.0. The molecule has 0 spiro atoms. The molecule has 0 amide bonds. The molecule has 0 aliphatic rings. The fourth-order valence-corrected chi connectivity index (χ4v) is 2.35. The minimum Gasteiger partial charge on any atom is -0.481 e. The van der Waals surface area contributed by atoms with Crippen LogP contribution in [-0.4, -0.2) is 30.1 Å². The van der Waals surface area contributed by atoms with Crippen molar-refractivity contribution in [2.45, 2.75) is 19.4 Å². The Kier molecular flexibility index (Phi) is 5.15. The largest absolute Gasteiger partial charge is 0.481 e. The average Bonchev–Trinajstić information content (AvgIpc) is 2.26. The lowest BCUT2D eigenvalue weighted by atomic mass is 9.90. The highest BCUT2D eigenvalue weighted by atomic mass is 79.9. The number of carbonyl (C=O) groups is 1. The Morgan fingerprint density at radius 3 is 2.24 bits per heavy atom. The predicted octanol–water partition coefficient (Wildman–Crippen LogP) is 3.16. The first-order valence-corrected chi connectivity index (χ1v) is 6.41. The number of carboxylic acid groups (broad SMARTS) is 1. The molecule has 1 aromatic rings. The van der Waals surface area contributed by atoms with Crippen LogP contribution in [-0.2, 0) is 4.79 Å². The molecular formula is C13H18BrNO2. The molecule has 0 fully saturated rings. The molecule has 3 nitrogen and oxygen atoms in total. The summed E-state index contributed by atoms with van der Waals surface area (Å²) in [5, 5.41) is 9.27. The summed E-state index contributed by atoms with van der Waals surface area (Å²) in [7, 11) is 3.83.